The van der Waals surface area contributed by atoms with Gasteiger partial charge in [-0.2, -0.15) is 13.2 Å². The quantitative estimate of drug-likeness (QED) is 0.887. The molecule has 3 rings (SSSR count). The Hall–Kier alpha value is -1.89. The Balaban J connectivity index is 2.03. The summed E-state index contributed by atoms with van der Waals surface area (Å²) in [5.74, 6) is -0.627. The van der Waals surface area contributed by atoms with Gasteiger partial charge in [0, 0.05) is 5.92 Å². The van der Waals surface area contributed by atoms with E-state index >= 15 is 0 Å². The maximum Gasteiger partial charge on any atom is 0.406 e. The lowest BCUT2D eigenvalue weighted by Gasteiger charge is -2.21. The number of fused-ring (bicyclic) bond motifs is 1. The van der Waals surface area contributed by atoms with Crippen LogP contribution < -0.4 is 5.32 Å². The highest BCUT2D eigenvalue weighted by Gasteiger charge is 2.33. The first kappa shape index (κ1) is 15.0. The number of alkyl halides is 3. The van der Waals surface area contributed by atoms with E-state index in [2.05, 4.69) is 10.3 Å². The van der Waals surface area contributed by atoms with Crippen molar-refractivity contribution >= 4 is 16.8 Å². The van der Waals surface area contributed by atoms with Gasteiger partial charge in [0.25, 0.3) is 0 Å². The zero-order chi connectivity index (χ0) is 15.7. The summed E-state index contributed by atoms with van der Waals surface area (Å²) in [5.41, 5.74) is 0.765. The van der Waals surface area contributed by atoms with Crippen molar-refractivity contribution < 1.29 is 18.0 Å². The Labute approximate surface area is 125 Å². The number of aromatic nitrogens is 2. The van der Waals surface area contributed by atoms with Crippen LogP contribution in [0.1, 0.15) is 23.5 Å². The molecule has 4 nitrogen and oxygen atoms in total. The predicted octanol–water partition coefficient (Wildman–Crippen LogP) is 2.78. The van der Waals surface area contributed by atoms with Crippen LogP contribution >= 0.6 is 0 Å². The van der Waals surface area contributed by atoms with Gasteiger partial charge in [0.2, 0.25) is 5.78 Å². The lowest BCUT2D eigenvalue weighted by atomic mass is 9.93. The SMILES string of the molecule is O=C(c1nc2ccccc2n1CC(F)(F)F)C1CCNCC1. The van der Waals surface area contributed by atoms with Gasteiger partial charge in [-0.3, -0.25) is 4.79 Å². The van der Waals surface area contributed by atoms with E-state index in [4.69, 9.17) is 0 Å². The van der Waals surface area contributed by atoms with Crippen LogP contribution in [0.15, 0.2) is 24.3 Å². The summed E-state index contributed by atoms with van der Waals surface area (Å²) >= 11 is 0. The van der Waals surface area contributed by atoms with Crippen LogP contribution in [0.5, 0.6) is 0 Å². The fourth-order valence-corrected chi connectivity index (χ4v) is 2.87. The lowest BCUT2D eigenvalue weighted by molar-refractivity contribution is -0.140. The first-order valence-electron chi connectivity index (χ1n) is 7.22. The number of hydrogen-bond donors (Lipinski definition) is 1. The molecule has 1 aliphatic heterocycles. The van der Waals surface area contributed by atoms with Gasteiger partial charge in [-0.05, 0) is 38.1 Å². The standard InChI is InChI=1S/C15H16F3N3O/c16-15(17,18)9-21-12-4-2-1-3-11(12)20-14(21)13(22)10-5-7-19-8-6-10/h1-4,10,19H,5-9H2. The monoisotopic (exact) mass is 311 g/mol. The van der Waals surface area contributed by atoms with Crippen molar-refractivity contribution in [3.8, 4) is 0 Å². The second-order valence-corrected chi connectivity index (χ2v) is 5.51. The molecule has 0 atom stereocenters. The number of ketones is 1. The van der Waals surface area contributed by atoms with Crippen molar-refractivity contribution in [3.63, 3.8) is 0 Å². The molecule has 0 saturated carbocycles. The van der Waals surface area contributed by atoms with Crippen LogP contribution in [-0.4, -0.2) is 34.6 Å². The molecular formula is C15H16F3N3O. The molecule has 2 aromatic rings. The number of rotatable bonds is 3. The number of nitrogens with zero attached hydrogens (tertiary/aromatic N) is 2. The van der Waals surface area contributed by atoms with Crippen molar-refractivity contribution in [2.75, 3.05) is 13.1 Å². The summed E-state index contributed by atoms with van der Waals surface area (Å²) in [6.07, 6.45) is -3.13. The minimum absolute atomic E-state index is 0.0783. The topological polar surface area (TPSA) is 46.9 Å². The van der Waals surface area contributed by atoms with Crippen LogP contribution in [0.2, 0.25) is 0 Å². The van der Waals surface area contributed by atoms with Crippen LogP contribution in [0.3, 0.4) is 0 Å². The summed E-state index contributed by atoms with van der Waals surface area (Å²) in [5, 5.41) is 3.14. The van der Waals surface area contributed by atoms with Gasteiger partial charge in [-0.25, -0.2) is 4.98 Å². The van der Waals surface area contributed by atoms with E-state index in [9.17, 15) is 18.0 Å². The fraction of sp³-hybridized carbons (Fsp3) is 0.467. The number of para-hydroxylation sites is 2. The molecule has 1 N–H and O–H groups in total. The Morgan fingerprint density at radius 2 is 1.95 bits per heavy atom. The van der Waals surface area contributed by atoms with E-state index < -0.39 is 12.7 Å². The van der Waals surface area contributed by atoms with E-state index in [1.165, 1.54) is 0 Å². The third-order valence-corrected chi connectivity index (χ3v) is 3.92. The molecule has 22 heavy (non-hydrogen) atoms. The van der Waals surface area contributed by atoms with E-state index in [0.717, 1.165) is 4.57 Å². The maximum atomic E-state index is 12.9. The molecule has 0 radical (unpaired) electrons. The first-order valence-corrected chi connectivity index (χ1v) is 7.22. The van der Waals surface area contributed by atoms with Gasteiger partial charge in [0.15, 0.2) is 5.82 Å². The summed E-state index contributed by atoms with van der Waals surface area (Å²) in [6.45, 7) is 0.214. The smallest absolute Gasteiger partial charge is 0.317 e. The number of halogens is 3. The van der Waals surface area contributed by atoms with Gasteiger partial charge in [0.05, 0.1) is 11.0 Å². The van der Waals surface area contributed by atoms with Gasteiger partial charge in [-0.15, -0.1) is 0 Å². The molecule has 1 fully saturated rings. The van der Waals surface area contributed by atoms with Gasteiger partial charge < -0.3 is 9.88 Å². The fourth-order valence-electron chi connectivity index (χ4n) is 2.87. The van der Waals surface area contributed by atoms with E-state index in [-0.39, 0.29) is 17.5 Å². The molecule has 0 unspecified atom stereocenters. The molecule has 1 aliphatic rings. The molecule has 118 valence electrons. The molecule has 7 heteroatoms. The maximum absolute atomic E-state index is 12.9. The zero-order valence-electron chi connectivity index (χ0n) is 11.9. The molecule has 1 aromatic carbocycles. The number of piperidine rings is 1. The van der Waals surface area contributed by atoms with Crippen LogP contribution in [-0.2, 0) is 6.54 Å². The molecule has 0 amide bonds. The number of hydrogen-bond acceptors (Lipinski definition) is 3. The number of Topliss-reactive ketones (excluding diaryl/α,β-unsaturated/α-hetero) is 1. The van der Waals surface area contributed by atoms with Crippen LogP contribution in [0, 0.1) is 5.92 Å². The van der Waals surface area contributed by atoms with Gasteiger partial charge >= 0.3 is 6.18 Å². The minimum Gasteiger partial charge on any atom is -0.317 e. The second kappa shape index (κ2) is 5.72. The summed E-state index contributed by atoms with van der Waals surface area (Å²) in [6, 6.07) is 6.54. The highest BCUT2D eigenvalue weighted by Crippen LogP contribution is 2.26. The number of imidazole rings is 1. The lowest BCUT2D eigenvalue weighted by Crippen LogP contribution is -2.33. The second-order valence-electron chi connectivity index (χ2n) is 5.51. The van der Waals surface area contributed by atoms with Crippen molar-refractivity contribution in [1.82, 2.24) is 14.9 Å². The molecule has 2 heterocycles. The van der Waals surface area contributed by atoms with Crippen LogP contribution in [0.25, 0.3) is 11.0 Å². The highest BCUT2D eigenvalue weighted by molar-refractivity contribution is 5.98. The van der Waals surface area contributed by atoms with E-state index in [1.54, 1.807) is 24.3 Å². The van der Waals surface area contributed by atoms with Crippen molar-refractivity contribution in [1.29, 1.82) is 0 Å². The third-order valence-electron chi connectivity index (χ3n) is 3.92. The summed E-state index contributed by atoms with van der Waals surface area (Å²) in [7, 11) is 0. The van der Waals surface area contributed by atoms with E-state index in [0.29, 0.717) is 37.0 Å². The van der Waals surface area contributed by atoms with Gasteiger partial charge in [-0.1, -0.05) is 12.1 Å². The average Bonchev–Trinajstić information content (AvgIpc) is 2.84. The summed E-state index contributed by atoms with van der Waals surface area (Å²) in [4.78, 5) is 16.8. The molecule has 0 spiro atoms. The Morgan fingerprint density at radius 1 is 1.27 bits per heavy atom. The number of benzene rings is 1. The predicted molar refractivity (Wildman–Crippen MR) is 75.7 cm³/mol. The number of carbonyl (C=O) groups is 1. The number of nitrogens with one attached hydrogen (secondary N) is 1. The van der Waals surface area contributed by atoms with Gasteiger partial charge in [0.1, 0.15) is 6.54 Å². The van der Waals surface area contributed by atoms with Crippen molar-refractivity contribution in [2.45, 2.75) is 25.6 Å². The highest BCUT2D eigenvalue weighted by atomic mass is 19.4. The summed E-state index contributed by atoms with van der Waals surface area (Å²) < 4.78 is 39.6. The minimum atomic E-state index is -4.40. The average molecular weight is 311 g/mol. The number of carbonyl (C=O) groups excluding carboxylic acids is 1. The molecule has 1 aromatic heterocycles. The Kier molecular flexibility index (Phi) is 3.90. The molecular weight excluding hydrogens is 295 g/mol. The molecule has 0 bridgehead atoms. The largest absolute Gasteiger partial charge is 0.406 e. The van der Waals surface area contributed by atoms with Crippen LogP contribution in [0.4, 0.5) is 13.2 Å². The van der Waals surface area contributed by atoms with Crippen molar-refractivity contribution in [2.24, 2.45) is 5.92 Å². The van der Waals surface area contributed by atoms with Crippen molar-refractivity contribution in [3.05, 3.63) is 30.1 Å². The first-order chi connectivity index (χ1) is 10.5. The Morgan fingerprint density at radius 3 is 2.64 bits per heavy atom. The molecule has 1 saturated heterocycles. The molecule has 0 aliphatic carbocycles. The Bertz CT molecular complexity index is 687. The zero-order valence-corrected chi connectivity index (χ0v) is 11.9. The van der Waals surface area contributed by atoms with E-state index in [1.807, 2.05) is 0 Å². The normalized spacial score (nSPS) is 17.0. The third kappa shape index (κ3) is 2.99.